The SMILES string of the molecule is Cl.Cl.NC(=NCCCCNC(=O)C1CCN1C(=O)[C@H](N)C1CCCCC1)NC(=O)OCc1ccccc1. The Morgan fingerprint density at radius 1 is 1.05 bits per heavy atom. The molecule has 6 N–H and O–H groups in total. The number of aliphatic imine (C=N–C) groups is 1. The summed E-state index contributed by atoms with van der Waals surface area (Å²) in [5.41, 5.74) is 12.8. The minimum Gasteiger partial charge on any atom is -0.444 e. The normalized spacial score (nSPS) is 18.4. The Labute approximate surface area is 231 Å². The van der Waals surface area contributed by atoms with E-state index in [1.165, 1.54) is 6.42 Å². The number of nitrogens with one attached hydrogen (secondary N) is 2. The molecule has 0 bridgehead atoms. The Balaban J connectivity index is 0.00000342. The third-order valence-corrected chi connectivity index (χ3v) is 6.66. The summed E-state index contributed by atoms with van der Waals surface area (Å²) in [4.78, 5) is 42.8. The molecule has 1 aromatic rings. The fourth-order valence-electron chi connectivity index (χ4n) is 4.48. The number of hydrogen-bond acceptors (Lipinski definition) is 6. The van der Waals surface area contributed by atoms with Crippen LogP contribution in [0.2, 0.25) is 0 Å². The molecule has 1 aromatic carbocycles. The zero-order valence-corrected chi connectivity index (χ0v) is 22.7. The van der Waals surface area contributed by atoms with E-state index in [2.05, 4.69) is 15.6 Å². The number of carbonyl (C=O) groups is 3. The second-order valence-electron chi connectivity index (χ2n) is 9.21. The summed E-state index contributed by atoms with van der Waals surface area (Å²) < 4.78 is 5.09. The van der Waals surface area contributed by atoms with Gasteiger partial charge in [-0.1, -0.05) is 49.6 Å². The van der Waals surface area contributed by atoms with Gasteiger partial charge in [0.15, 0.2) is 5.96 Å². The highest BCUT2D eigenvalue weighted by molar-refractivity contribution is 5.93. The molecule has 2 aliphatic rings. The summed E-state index contributed by atoms with van der Waals surface area (Å²) in [7, 11) is 0. The molecule has 1 saturated carbocycles. The number of carbonyl (C=O) groups excluding carboxylic acids is 3. The van der Waals surface area contributed by atoms with E-state index < -0.39 is 18.2 Å². The first kappa shape index (κ1) is 32.5. The second kappa shape index (κ2) is 17.0. The van der Waals surface area contributed by atoms with Gasteiger partial charge in [-0.2, -0.15) is 0 Å². The van der Waals surface area contributed by atoms with Gasteiger partial charge in [-0.25, -0.2) is 4.79 Å². The minimum atomic E-state index is -0.662. The molecule has 0 radical (unpaired) electrons. The van der Waals surface area contributed by atoms with Gasteiger partial charge in [0.25, 0.3) is 0 Å². The lowest BCUT2D eigenvalue weighted by Crippen LogP contribution is -2.62. The Bertz CT molecular complexity index is 883. The lowest BCUT2D eigenvalue weighted by molar-refractivity contribution is -0.149. The number of nitrogens with two attached hydrogens (primary N) is 2. The number of halogens is 2. The van der Waals surface area contributed by atoms with Crippen molar-refractivity contribution < 1.29 is 19.1 Å². The lowest BCUT2D eigenvalue weighted by atomic mass is 9.83. The molecule has 0 spiro atoms. The predicted molar refractivity (Wildman–Crippen MR) is 148 cm³/mol. The van der Waals surface area contributed by atoms with E-state index in [9.17, 15) is 14.4 Å². The van der Waals surface area contributed by atoms with Gasteiger partial charge >= 0.3 is 6.09 Å². The quantitative estimate of drug-likeness (QED) is 0.196. The number of ether oxygens (including phenoxy) is 1. The standard InChI is InChI=1S/C25H38N6O4.2ClH/c26-21(19-11-5-2-6-12-19)23(33)31-16-13-20(31)22(32)28-14-7-8-15-29-24(27)30-25(34)35-17-18-9-3-1-4-10-18;;/h1,3-4,9-10,19-21H,2,5-8,11-17,26H2,(H,28,32)(H3,27,29,30,34);2*1H/t20?,21-;;/m1../s1. The van der Waals surface area contributed by atoms with Crippen molar-refractivity contribution in [3.05, 3.63) is 35.9 Å². The molecule has 12 heteroatoms. The highest BCUT2D eigenvalue weighted by atomic mass is 35.5. The third-order valence-electron chi connectivity index (χ3n) is 6.66. The molecule has 3 amide bonds. The molecule has 1 unspecified atom stereocenters. The Morgan fingerprint density at radius 2 is 1.76 bits per heavy atom. The number of unbranched alkanes of at least 4 members (excludes halogenated alkanes) is 1. The van der Waals surface area contributed by atoms with Crippen LogP contribution in [0, 0.1) is 5.92 Å². The van der Waals surface area contributed by atoms with Gasteiger partial charge in [-0.05, 0) is 43.6 Å². The smallest absolute Gasteiger partial charge is 0.414 e. The molecule has 10 nitrogen and oxygen atoms in total. The molecule has 3 rings (SSSR count). The van der Waals surface area contributed by atoms with Gasteiger partial charge in [-0.3, -0.25) is 19.9 Å². The van der Waals surface area contributed by atoms with Crippen molar-refractivity contribution >= 4 is 48.7 Å². The number of likely N-dealkylation sites (tertiary alicyclic amines) is 1. The van der Waals surface area contributed by atoms with Crippen LogP contribution in [0.15, 0.2) is 35.3 Å². The molecular weight excluding hydrogens is 519 g/mol. The van der Waals surface area contributed by atoms with Gasteiger partial charge in [0.1, 0.15) is 12.6 Å². The van der Waals surface area contributed by atoms with Crippen LogP contribution in [-0.4, -0.2) is 60.5 Å². The van der Waals surface area contributed by atoms with Crippen molar-refractivity contribution in [3.8, 4) is 0 Å². The van der Waals surface area contributed by atoms with Crippen molar-refractivity contribution in [2.45, 2.75) is 70.1 Å². The highest BCUT2D eigenvalue weighted by Crippen LogP contribution is 2.28. The maximum Gasteiger partial charge on any atom is 0.414 e. The van der Waals surface area contributed by atoms with Crippen molar-refractivity contribution in [2.24, 2.45) is 22.4 Å². The molecule has 1 aliphatic carbocycles. The fourth-order valence-corrected chi connectivity index (χ4v) is 4.48. The predicted octanol–water partition coefficient (Wildman–Crippen LogP) is 2.48. The number of benzene rings is 1. The Kier molecular flexibility index (Phi) is 15.0. The molecule has 2 atom stereocenters. The minimum absolute atomic E-state index is 0. The number of nitrogens with zero attached hydrogens (tertiary/aromatic N) is 2. The van der Waals surface area contributed by atoms with Crippen molar-refractivity contribution in [2.75, 3.05) is 19.6 Å². The molecule has 37 heavy (non-hydrogen) atoms. The van der Waals surface area contributed by atoms with E-state index in [0.29, 0.717) is 38.9 Å². The molecule has 208 valence electrons. The van der Waals surface area contributed by atoms with Crippen LogP contribution >= 0.6 is 24.8 Å². The largest absolute Gasteiger partial charge is 0.444 e. The van der Waals surface area contributed by atoms with E-state index in [4.69, 9.17) is 16.2 Å². The first-order chi connectivity index (χ1) is 17.0. The van der Waals surface area contributed by atoms with E-state index in [-0.39, 0.29) is 55.1 Å². The molecule has 1 saturated heterocycles. The monoisotopic (exact) mass is 558 g/mol. The van der Waals surface area contributed by atoms with Gasteiger partial charge in [0.2, 0.25) is 11.8 Å². The zero-order chi connectivity index (χ0) is 25.0. The first-order valence-electron chi connectivity index (χ1n) is 12.6. The summed E-state index contributed by atoms with van der Waals surface area (Å²) in [6.07, 6.45) is 6.84. The summed E-state index contributed by atoms with van der Waals surface area (Å²) in [5.74, 6) is -0.00650. The lowest BCUT2D eigenvalue weighted by Gasteiger charge is -2.42. The number of amides is 3. The van der Waals surface area contributed by atoms with Crippen LogP contribution in [-0.2, 0) is 20.9 Å². The van der Waals surface area contributed by atoms with Crippen LogP contribution in [0.1, 0.15) is 56.9 Å². The van der Waals surface area contributed by atoms with Gasteiger partial charge < -0.3 is 26.4 Å². The van der Waals surface area contributed by atoms with E-state index >= 15 is 0 Å². The van der Waals surface area contributed by atoms with Crippen LogP contribution in [0.25, 0.3) is 0 Å². The summed E-state index contributed by atoms with van der Waals surface area (Å²) in [6, 6.07) is 8.41. The summed E-state index contributed by atoms with van der Waals surface area (Å²) in [6.45, 7) is 1.63. The van der Waals surface area contributed by atoms with Crippen LogP contribution in [0.5, 0.6) is 0 Å². The Hall–Kier alpha value is -2.56. The molecule has 1 heterocycles. The zero-order valence-electron chi connectivity index (χ0n) is 21.1. The number of guanidine groups is 1. The van der Waals surface area contributed by atoms with Gasteiger partial charge in [-0.15, -0.1) is 24.8 Å². The Morgan fingerprint density at radius 3 is 2.41 bits per heavy atom. The molecule has 0 aromatic heterocycles. The summed E-state index contributed by atoms with van der Waals surface area (Å²) in [5, 5.41) is 5.28. The third kappa shape index (κ3) is 10.4. The topological polar surface area (TPSA) is 152 Å². The maximum absolute atomic E-state index is 12.8. The average molecular weight is 560 g/mol. The van der Waals surface area contributed by atoms with Crippen molar-refractivity contribution in [1.29, 1.82) is 0 Å². The van der Waals surface area contributed by atoms with Gasteiger partial charge in [0.05, 0.1) is 6.04 Å². The van der Waals surface area contributed by atoms with Crippen LogP contribution < -0.4 is 22.1 Å². The number of alkyl carbamates (subject to hydrolysis) is 1. The van der Waals surface area contributed by atoms with Gasteiger partial charge in [0, 0.05) is 19.6 Å². The van der Waals surface area contributed by atoms with Crippen LogP contribution in [0.3, 0.4) is 0 Å². The van der Waals surface area contributed by atoms with Crippen LogP contribution in [0.4, 0.5) is 4.79 Å². The molecular formula is C25H40Cl2N6O4. The second-order valence-corrected chi connectivity index (χ2v) is 9.21. The molecule has 1 aliphatic heterocycles. The first-order valence-corrected chi connectivity index (χ1v) is 12.6. The van der Waals surface area contributed by atoms with E-state index in [1.807, 2.05) is 30.3 Å². The fraction of sp³-hybridized carbons (Fsp3) is 0.600. The van der Waals surface area contributed by atoms with Crippen molar-refractivity contribution in [3.63, 3.8) is 0 Å². The summed E-state index contributed by atoms with van der Waals surface area (Å²) >= 11 is 0. The molecule has 2 fully saturated rings. The highest BCUT2D eigenvalue weighted by Gasteiger charge is 2.41. The average Bonchev–Trinajstić information content (AvgIpc) is 2.84. The number of rotatable bonds is 10. The van der Waals surface area contributed by atoms with E-state index in [1.54, 1.807) is 4.90 Å². The maximum atomic E-state index is 12.8. The number of hydrogen-bond donors (Lipinski definition) is 4. The van der Waals surface area contributed by atoms with E-state index in [0.717, 1.165) is 31.2 Å². The van der Waals surface area contributed by atoms with Crippen molar-refractivity contribution in [1.82, 2.24) is 15.5 Å².